The lowest BCUT2D eigenvalue weighted by Crippen LogP contribution is -2.53. The fourth-order valence-electron chi connectivity index (χ4n) is 3.67. The first-order valence-corrected chi connectivity index (χ1v) is 9.21. The monoisotopic (exact) mass is 364 g/mol. The van der Waals surface area contributed by atoms with Crippen molar-refractivity contribution < 1.29 is 4.79 Å². The van der Waals surface area contributed by atoms with E-state index in [0.29, 0.717) is 6.42 Å². The van der Waals surface area contributed by atoms with Crippen LogP contribution in [0.1, 0.15) is 12.6 Å². The van der Waals surface area contributed by atoms with Gasteiger partial charge in [-0.25, -0.2) is 0 Å². The molecule has 0 spiro atoms. The Bertz CT molecular complexity index is 982. The van der Waals surface area contributed by atoms with Gasteiger partial charge in [-0.3, -0.25) is 19.4 Å². The maximum absolute atomic E-state index is 12.8. The molecule has 1 saturated heterocycles. The zero-order valence-corrected chi connectivity index (χ0v) is 16.0. The third-order valence-electron chi connectivity index (χ3n) is 5.15. The lowest BCUT2D eigenvalue weighted by Gasteiger charge is -2.38. The number of hydrogen-bond acceptors (Lipinski definition) is 5. The van der Waals surface area contributed by atoms with Crippen LogP contribution >= 0.6 is 0 Å². The van der Waals surface area contributed by atoms with Crippen molar-refractivity contribution in [2.45, 2.75) is 19.4 Å². The predicted octanol–water partition coefficient (Wildman–Crippen LogP) is 1.74. The number of aromatic nitrogens is 4. The zero-order chi connectivity index (χ0) is 19.0. The highest BCUT2D eigenvalue weighted by molar-refractivity contribution is 5.85. The quantitative estimate of drug-likeness (QED) is 0.708. The number of carbonyl (C=O) groups is 1. The molecule has 0 N–H and O–H groups in total. The Morgan fingerprint density at radius 3 is 2.70 bits per heavy atom. The van der Waals surface area contributed by atoms with Crippen LogP contribution in [0.2, 0.25) is 0 Å². The van der Waals surface area contributed by atoms with Gasteiger partial charge in [0.2, 0.25) is 5.91 Å². The number of amides is 1. The number of fused-ring (bicyclic) bond motifs is 1. The van der Waals surface area contributed by atoms with Crippen LogP contribution in [0.15, 0.2) is 36.9 Å². The van der Waals surface area contributed by atoms with Crippen molar-refractivity contribution in [2.24, 2.45) is 7.05 Å². The minimum Gasteiger partial charge on any atom is -0.337 e. The smallest absolute Gasteiger partial charge is 0.228 e. The molecule has 7 heteroatoms. The number of nitrogens with zero attached hydrogens (tertiary/aromatic N) is 6. The van der Waals surface area contributed by atoms with Gasteiger partial charge in [0, 0.05) is 61.6 Å². The molecule has 0 unspecified atom stereocenters. The largest absolute Gasteiger partial charge is 0.337 e. The van der Waals surface area contributed by atoms with E-state index in [1.54, 1.807) is 10.9 Å². The van der Waals surface area contributed by atoms with E-state index >= 15 is 0 Å². The Morgan fingerprint density at radius 2 is 1.96 bits per heavy atom. The molecule has 0 saturated carbocycles. The van der Waals surface area contributed by atoms with Crippen LogP contribution in [0.5, 0.6) is 0 Å². The van der Waals surface area contributed by atoms with Crippen molar-refractivity contribution in [3.63, 3.8) is 0 Å². The molecule has 1 aliphatic rings. The number of hydrogen-bond donors (Lipinski definition) is 0. The van der Waals surface area contributed by atoms with E-state index in [2.05, 4.69) is 40.0 Å². The lowest BCUT2D eigenvalue weighted by molar-refractivity contribution is -0.134. The second-order valence-electron chi connectivity index (χ2n) is 7.37. The van der Waals surface area contributed by atoms with Crippen molar-refractivity contribution >= 4 is 16.8 Å². The fourth-order valence-corrected chi connectivity index (χ4v) is 3.67. The minimum atomic E-state index is 0.138. The lowest BCUT2D eigenvalue weighted by atomic mass is 10.1. The number of aryl methyl sites for hydroxylation is 1. The minimum absolute atomic E-state index is 0.138. The molecule has 140 valence electrons. The van der Waals surface area contributed by atoms with Gasteiger partial charge in [0.1, 0.15) is 0 Å². The standard InChI is InChI=1S/C20H24N6O/c1-14-12-24(2)4-5-26(14)20(27)8-18-7-15-6-16(9-22-19(15)11-21-18)17-10-23-25(3)13-17/h6-7,9-11,13-14H,4-5,8,12H2,1-3H3/t14-/m0/s1. The van der Waals surface area contributed by atoms with Crippen molar-refractivity contribution in [3.05, 3.63) is 42.6 Å². The number of rotatable bonds is 3. The molecule has 3 aromatic rings. The van der Waals surface area contributed by atoms with E-state index in [4.69, 9.17) is 0 Å². The summed E-state index contributed by atoms with van der Waals surface area (Å²) in [5.41, 5.74) is 3.63. The third kappa shape index (κ3) is 3.68. The summed E-state index contributed by atoms with van der Waals surface area (Å²) in [4.78, 5) is 25.9. The van der Waals surface area contributed by atoms with Gasteiger partial charge in [-0.05, 0) is 26.1 Å². The summed E-state index contributed by atoms with van der Waals surface area (Å²) in [5.74, 6) is 0.138. The Morgan fingerprint density at radius 1 is 1.11 bits per heavy atom. The maximum Gasteiger partial charge on any atom is 0.228 e. The Labute approximate surface area is 158 Å². The van der Waals surface area contributed by atoms with Crippen molar-refractivity contribution in [3.8, 4) is 11.1 Å². The van der Waals surface area contributed by atoms with Crippen LogP contribution in [-0.4, -0.2) is 68.2 Å². The van der Waals surface area contributed by atoms with E-state index in [-0.39, 0.29) is 11.9 Å². The normalized spacial score (nSPS) is 18.2. The van der Waals surface area contributed by atoms with E-state index in [1.165, 1.54) is 0 Å². The highest BCUT2D eigenvalue weighted by Gasteiger charge is 2.25. The van der Waals surface area contributed by atoms with E-state index < -0.39 is 0 Å². The van der Waals surface area contributed by atoms with Crippen molar-refractivity contribution in [1.29, 1.82) is 0 Å². The summed E-state index contributed by atoms with van der Waals surface area (Å²) in [7, 11) is 3.99. The summed E-state index contributed by atoms with van der Waals surface area (Å²) >= 11 is 0. The summed E-state index contributed by atoms with van der Waals surface area (Å²) in [5, 5.41) is 5.20. The molecule has 0 aliphatic carbocycles. The molecular weight excluding hydrogens is 340 g/mol. The third-order valence-corrected chi connectivity index (χ3v) is 5.15. The van der Waals surface area contributed by atoms with Gasteiger partial charge in [0.05, 0.1) is 30.0 Å². The highest BCUT2D eigenvalue weighted by Crippen LogP contribution is 2.22. The topological polar surface area (TPSA) is 67.2 Å². The predicted molar refractivity (Wildman–Crippen MR) is 104 cm³/mol. The van der Waals surface area contributed by atoms with E-state index in [1.807, 2.05) is 36.6 Å². The van der Waals surface area contributed by atoms with E-state index in [9.17, 15) is 4.79 Å². The molecule has 4 rings (SSSR count). The summed E-state index contributed by atoms with van der Waals surface area (Å²) in [6, 6.07) is 4.28. The van der Waals surface area contributed by atoms with Crippen LogP contribution in [0.3, 0.4) is 0 Å². The first kappa shape index (κ1) is 17.6. The molecule has 0 radical (unpaired) electrons. The second-order valence-corrected chi connectivity index (χ2v) is 7.37. The number of likely N-dealkylation sites (N-methyl/N-ethyl adjacent to an activating group) is 1. The first-order chi connectivity index (χ1) is 13.0. The highest BCUT2D eigenvalue weighted by atomic mass is 16.2. The summed E-state index contributed by atoms with van der Waals surface area (Å²) in [6.45, 7) is 4.71. The van der Waals surface area contributed by atoms with Gasteiger partial charge in [-0.15, -0.1) is 0 Å². The Hall–Kier alpha value is -2.80. The average molecular weight is 364 g/mol. The molecule has 1 atom stereocenters. The van der Waals surface area contributed by atoms with Gasteiger partial charge in [0.15, 0.2) is 0 Å². The molecule has 1 fully saturated rings. The molecule has 3 aromatic heterocycles. The molecule has 0 aromatic carbocycles. The second kappa shape index (κ2) is 7.08. The zero-order valence-electron chi connectivity index (χ0n) is 16.0. The molecule has 27 heavy (non-hydrogen) atoms. The molecular formula is C20H24N6O. The van der Waals surface area contributed by atoms with Crippen molar-refractivity contribution in [1.82, 2.24) is 29.5 Å². The van der Waals surface area contributed by atoms with Gasteiger partial charge >= 0.3 is 0 Å². The molecule has 1 aliphatic heterocycles. The molecule has 4 heterocycles. The number of pyridine rings is 2. The van der Waals surface area contributed by atoms with Gasteiger partial charge in [-0.2, -0.15) is 5.10 Å². The fraction of sp³-hybridized carbons (Fsp3) is 0.400. The van der Waals surface area contributed by atoms with Gasteiger partial charge in [-0.1, -0.05) is 0 Å². The van der Waals surface area contributed by atoms with Crippen molar-refractivity contribution in [2.75, 3.05) is 26.7 Å². The van der Waals surface area contributed by atoms with Crippen LogP contribution in [-0.2, 0) is 18.3 Å². The van der Waals surface area contributed by atoms with Gasteiger partial charge < -0.3 is 9.80 Å². The Balaban J connectivity index is 1.56. The van der Waals surface area contributed by atoms with E-state index in [0.717, 1.165) is 47.4 Å². The van der Waals surface area contributed by atoms with Crippen LogP contribution in [0.25, 0.3) is 22.0 Å². The molecule has 1 amide bonds. The average Bonchev–Trinajstić information content (AvgIpc) is 3.07. The molecule has 0 bridgehead atoms. The maximum atomic E-state index is 12.8. The summed E-state index contributed by atoms with van der Waals surface area (Å²) in [6.07, 6.45) is 7.68. The SMILES string of the molecule is C[C@H]1CN(C)CCN1C(=O)Cc1cc2cc(-c3cnn(C)c3)cnc2cn1. The molecule has 7 nitrogen and oxygen atoms in total. The number of carbonyl (C=O) groups excluding carboxylic acids is 1. The van der Waals surface area contributed by atoms with Gasteiger partial charge in [0.25, 0.3) is 0 Å². The van der Waals surface area contributed by atoms with Crippen LogP contribution in [0.4, 0.5) is 0 Å². The number of piperazine rings is 1. The first-order valence-electron chi connectivity index (χ1n) is 9.21. The Kier molecular flexibility index (Phi) is 4.61. The summed E-state index contributed by atoms with van der Waals surface area (Å²) < 4.78 is 1.77. The van der Waals surface area contributed by atoms with Crippen LogP contribution < -0.4 is 0 Å². The van der Waals surface area contributed by atoms with Crippen LogP contribution in [0, 0.1) is 0 Å².